The Morgan fingerprint density at radius 3 is 2.14 bits per heavy atom. The lowest BCUT2D eigenvalue weighted by molar-refractivity contribution is -0.132. The number of rotatable bonds is 4. The average Bonchev–Trinajstić information content (AvgIpc) is 2.47. The molecule has 1 aromatic carbocycles. The molecule has 22 heavy (non-hydrogen) atoms. The van der Waals surface area contributed by atoms with Crippen molar-refractivity contribution in [3.05, 3.63) is 35.4 Å². The van der Waals surface area contributed by atoms with Gasteiger partial charge in [-0.25, -0.2) is 0 Å². The second-order valence-corrected chi connectivity index (χ2v) is 6.64. The van der Waals surface area contributed by atoms with Crippen LogP contribution in [0.3, 0.4) is 0 Å². The molecule has 124 valence electrons. The van der Waals surface area contributed by atoms with E-state index in [2.05, 4.69) is 45.0 Å². The van der Waals surface area contributed by atoms with Crippen molar-refractivity contribution in [2.24, 2.45) is 5.73 Å². The predicted octanol–water partition coefficient (Wildman–Crippen LogP) is 3.68. The van der Waals surface area contributed by atoms with Crippen LogP contribution in [-0.4, -0.2) is 29.9 Å². The quantitative estimate of drug-likeness (QED) is 0.918. The van der Waals surface area contributed by atoms with E-state index in [0.29, 0.717) is 12.3 Å². The zero-order valence-electron chi connectivity index (χ0n) is 13.9. The largest absolute Gasteiger partial charge is 0.343 e. The molecule has 2 rings (SSSR count). The molecule has 1 unspecified atom stereocenters. The molecule has 0 saturated carbocycles. The van der Waals surface area contributed by atoms with Gasteiger partial charge in [0.15, 0.2) is 0 Å². The molecule has 1 saturated heterocycles. The van der Waals surface area contributed by atoms with E-state index in [0.717, 1.165) is 25.9 Å². The minimum absolute atomic E-state index is 0. The van der Waals surface area contributed by atoms with Gasteiger partial charge in [0.05, 0.1) is 0 Å². The van der Waals surface area contributed by atoms with Crippen molar-refractivity contribution in [1.29, 1.82) is 0 Å². The van der Waals surface area contributed by atoms with Crippen LogP contribution in [0.15, 0.2) is 24.3 Å². The van der Waals surface area contributed by atoms with Gasteiger partial charge in [-0.15, -0.1) is 12.4 Å². The Morgan fingerprint density at radius 2 is 1.64 bits per heavy atom. The van der Waals surface area contributed by atoms with E-state index in [1.54, 1.807) is 0 Å². The molecule has 1 aliphatic rings. The first kappa shape index (κ1) is 19.0. The number of hydrogen-bond donors (Lipinski definition) is 1. The van der Waals surface area contributed by atoms with Crippen LogP contribution in [0.2, 0.25) is 0 Å². The number of likely N-dealkylation sites (tertiary alicyclic amines) is 1. The van der Waals surface area contributed by atoms with Crippen LogP contribution in [0.25, 0.3) is 0 Å². The minimum atomic E-state index is 0. The number of nitrogens with two attached hydrogens (primary N) is 1. The summed E-state index contributed by atoms with van der Waals surface area (Å²) >= 11 is 0. The Kier molecular flexibility index (Phi) is 7.37. The zero-order valence-corrected chi connectivity index (χ0v) is 14.7. The zero-order chi connectivity index (χ0) is 15.4. The van der Waals surface area contributed by atoms with Crippen molar-refractivity contribution in [3.63, 3.8) is 0 Å². The summed E-state index contributed by atoms with van der Waals surface area (Å²) < 4.78 is 0. The summed E-state index contributed by atoms with van der Waals surface area (Å²) in [6.45, 7) is 8.17. The van der Waals surface area contributed by atoms with Crippen molar-refractivity contribution in [2.45, 2.75) is 57.9 Å². The SMILES string of the molecule is CC(C)c1ccc(C(C)CC(=O)N2CCC(N)CC2)cc1.Cl. The average molecular weight is 325 g/mol. The van der Waals surface area contributed by atoms with Crippen LogP contribution < -0.4 is 5.73 Å². The van der Waals surface area contributed by atoms with Crippen LogP contribution in [0.5, 0.6) is 0 Å². The fourth-order valence-electron chi connectivity index (χ4n) is 2.87. The molecule has 0 aromatic heterocycles. The summed E-state index contributed by atoms with van der Waals surface area (Å²) in [6.07, 6.45) is 2.46. The van der Waals surface area contributed by atoms with E-state index in [9.17, 15) is 4.79 Å². The standard InChI is InChI=1S/C18H28N2O.ClH/c1-13(2)15-4-6-16(7-5-15)14(3)12-18(21)20-10-8-17(19)9-11-20;/h4-7,13-14,17H,8-12,19H2,1-3H3;1H. The lowest BCUT2D eigenvalue weighted by Crippen LogP contribution is -2.43. The van der Waals surface area contributed by atoms with Crippen molar-refractivity contribution in [3.8, 4) is 0 Å². The Morgan fingerprint density at radius 1 is 1.14 bits per heavy atom. The molecule has 1 fully saturated rings. The van der Waals surface area contributed by atoms with Crippen LogP contribution in [-0.2, 0) is 4.79 Å². The highest BCUT2D eigenvalue weighted by Gasteiger charge is 2.22. The molecular weight excluding hydrogens is 296 g/mol. The summed E-state index contributed by atoms with van der Waals surface area (Å²) in [7, 11) is 0. The van der Waals surface area contributed by atoms with Crippen molar-refractivity contribution in [1.82, 2.24) is 4.90 Å². The van der Waals surface area contributed by atoms with Gasteiger partial charge < -0.3 is 10.6 Å². The number of carbonyl (C=O) groups is 1. The first-order chi connectivity index (χ1) is 9.97. The molecule has 1 atom stereocenters. The van der Waals surface area contributed by atoms with E-state index in [4.69, 9.17) is 5.73 Å². The number of nitrogens with zero attached hydrogens (tertiary/aromatic N) is 1. The lowest BCUT2D eigenvalue weighted by Gasteiger charge is -2.31. The smallest absolute Gasteiger partial charge is 0.223 e. The van der Waals surface area contributed by atoms with Gasteiger partial charge in [0.1, 0.15) is 0 Å². The molecule has 4 heteroatoms. The molecule has 1 aromatic rings. The molecule has 3 nitrogen and oxygen atoms in total. The van der Waals surface area contributed by atoms with Gasteiger partial charge in [-0.2, -0.15) is 0 Å². The maximum Gasteiger partial charge on any atom is 0.223 e. The van der Waals surface area contributed by atoms with Crippen LogP contribution in [0.1, 0.15) is 63.0 Å². The van der Waals surface area contributed by atoms with E-state index in [1.807, 2.05) is 4.90 Å². The number of hydrogen-bond acceptors (Lipinski definition) is 2. The number of benzene rings is 1. The van der Waals surface area contributed by atoms with E-state index < -0.39 is 0 Å². The molecule has 0 aliphatic carbocycles. The summed E-state index contributed by atoms with van der Waals surface area (Å²) in [6, 6.07) is 8.97. The number of carbonyl (C=O) groups excluding carboxylic acids is 1. The van der Waals surface area contributed by atoms with E-state index >= 15 is 0 Å². The number of amides is 1. The molecule has 2 N–H and O–H groups in total. The molecule has 0 radical (unpaired) electrons. The Balaban J connectivity index is 0.00000242. The molecule has 1 aliphatic heterocycles. The maximum absolute atomic E-state index is 12.3. The number of halogens is 1. The van der Waals surface area contributed by atoms with Crippen LogP contribution in [0, 0.1) is 0 Å². The molecule has 1 amide bonds. The summed E-state index contributed by atoms with van der Waals surface area (Å²) in [5, 5.41) is 0. The minimum Gasteiger partial charge on any atom is -0.343 e. The van der Waals surface area contributed by atoms with Crippen molar-refractivity contribution < 1.29 is 4.79 Å². The van der Waals surface area contributed by atoms with E-state index in [-0.39, 0.29) is 30.3 Å². The van der Waals surface area contributed by atoms with Gasteiger partial charge in [0.2, 0.25) is 5.91 Å². The second-order valence-electron chi connectivity index (χ2n) is 6.64. The monoisotopic (exact) mass is 324 g/mol. The topological polar surface area (TPSA) is 46.3 Å². The molecule has 1 heterocycles. The Hall–Kier alpha value is -1.06. The van der Waals surface area contributed by atoms with Crippen LogP contribution >= 0.6 is 12.4 Å². The predicted molar refractivity (Wildman–Crippen MR) is 94.6 cm³/mol. The third kappa shape index (κ3) is 4.99. The highest BCUT2D eigenvalue weighted by atomic mass is 35.5. The molecular formula is C18H29ClN2O. The van der Waals surface area contributed by atoms with Gasteiger partial charge in [-0.3, -0.25) is 4.79 Å². The molecule has 0 bridgehead atoms. The van der Waals surface area contributed by atoms with Gasteiger partial charge in [-0.05, 0) is 35.8 Å². The highest BCUT2D eigenvalue weighted by Crippen LogP contribution is 2.23. The van der Waals surface area contributed by atoms with Crippen molar-refractivity contribution >= 4 is 18.3 Å². The Labute approximate surface area is 140 Å². The maximum atomic E-state index is 12.3. The second kappa shape index (κ2) is 8.54. The summed E-state index contributed by atoms with van der Waals surface area (Å²) in [5.41, 5.74) is 8.49. The van der Waals surface area contributed by atoms with E-state index in [1.165, 1.54) is 11.1 Å². The van der Waals surface area contributed by atoms with Gasteiger partial charge in [0, 0.05) is 25.6 Å². The van der Waals surface area contributed by atoms with Gasteiger partial charge in [0.25, 0.3) is 0 Å². The normalized spacial score (nSPS) is 17.2. The third-order valence-corrected chi connectivity index (χ3v) is 4.55. The fourth-order valence-corrected chi connectivity index (χ4v) is 2.87. The molecule has 0 spiro atoms. The first-order valence-corrected chi connectivity index (χ1v) is 8.10. The van der Waals surface area contributed by atoms with Crippen LogP contribution in [0.4, 0.5) is 0 Å². The first-order valence-electron chi connectivity index (χ1n) is 8.10. The third-order valence-electron chi connectivity index (χ3n) is 4.55. The van der Waals surface area contributed by atoms with Gasteiger partial charge in [-0.1, -0.05) is 45.0 Å². The summed E-state index contributed by atoms with van der Waals surface area (Å²) in [5.74, 6) is 1.09. The Bertz CT molecular complexity index is 464. The summed E-state index contributed by atoms with van der Waals surface area (Å²) in [4.78, 5) is 14.3. The highest BCUT2D eigenvalue weighted by molar-refractivity contribution is 5.85. The lowest BCUT2D eigenvalue weighted by atomic mass is 9.93. The van der Waals surface area contributed by atoms with Gasteiger partial charge >= 0.3 is 0 Å². The fraction of sp³-hybridized carbons (Fsp3) is 0.611. The van der Waals surface area contributed by atoms with Crippen molar-refractivity contribution in [2.75, 3.05) is 13.1 Å². The number of piperidine rings is 1.